The van der Waals surface area contributed by atoms with Crippen molar-refractivity contribution in [2.24, 2.45) is 5.92 Å². The van der Waals surface area contributed by atoms with Crippen molar-refractivity contribution in [2.75, 3.05) is 19.6 Å². The van der Waals surface area contributed by atoms with Crippen LogP contribution in [0.2, 0.25) is 0 Å². The number of rotatable bonds is 7. The monoisotopic (exact) mass is 376 g/mol. The van der Waals surface area contributed by atoms with Crippen molar-refractivity contribution >= 4 is 23.2 Å². The van der Waals surface area contributed by atoms with Crippen molar-refractivity contribution in [3.8, 4) is 0 Å². The lowest BCUT2D eigenvalue weighted by Gasteiger charge is -2.31. The smallest absolute Gasteiger partial charge is 0.263 e. The van der Waals surface area contributed by atoms with Gasteiger partial charge in [0.2, 0.25) is 5.91 Å². The average Bonchev–Trinajstić information content (AvgIpc) is 3.11. The summed E-state index contributed by atoms with van der Waals surface area (Å²) in [5.41, 5.74) is 1.38. The Morgan fingerprint density at radius 2 is 2.04 bits per heavy atom. The normalized spacial score (nSPS) is 19.9. The molecule has 1 aliphatic carbocycles. The van der Waals surface area contributed by atoms with E-state index < -0.39 is 0 Å². The minimum Gasteiger partial charge on any atom is -0.356 e. The molecule has 0 saturated carbocycles. The second-order valence-electron chi connectivity index (χ2n) is 7.71. The number of unbranched alkanes of at least 4 members (excludes halogenated alkanes) is 3. The van der Waals surface area contributed by atoms with Crippen LogP contribution in [0, 0.1) is 5.92 Å². The van der Waals surface area contributed by atoms with Crippen LogP contribution in [0.1, 0.15) is 78.4 Å². The molecule has 0 radical (unpaired) electrons. The lowest BCUT2D eigenvalue weighted by molar-refractivity contribution is -0.126. The zero-order valence-electron chi connectivity index (χ0n) is 16.0. The van der Waals surface area contributed by atoms with Crippen LogP contribution in [0.15, 0.2) is 6.07 Å². The Hall–Kier alpha value is -1.36. The first-order chi connectivity index (χ1) is 12.7. The van der Waals surface area contributed by atoms with Gasteiger partial charge in [-0.15, -0.1) is 11.3 Å². The summed E-state index contributed by atoms with van der Waals surface area (Å²) in [6.07, 6.45) is 11.2. The van der Waals surface area contributed by atoms with Crippen molar-refractivity contribution in [3.63, 3.8) is 0 Å². The van der Waals surface area contributed by atoms with Crippen LogP contribution in [-0.4, -0.2) is 36.3 Å². The molecule has 2 heterocycles. The molecule has 1 aromatic rings. The van der Waals surface area contributed by atoms with Gasteiger partial charge in [0.1, 0.15) is 0 Å². The van der Waals surface area contributed by atoms with Gasteiger partial charge >= 0.3 is 0 Å². The van der Waals surface area contributed by atoms with Crippen LogP contribution in [0.5, 0.6) is 0 Å². The minimum atomic E-state index is -0.0477. The predicted molar refractivity (Wildman–Crippen MR) is 107 cm³/mol. The Kier molecular flexibility index (Phi) is 7.12. The van der Waals surface area contributed by atoms with Gasteiger partial charge in [0, 0.05) is 24.5 Å². The SMILES string of the molecule is CCCCCCNC(=O)C1CCCN(C(=O)c2cc3c(s2)CCCC3)C1. The Bertz CT molecular complexity index is 602. The van der Waals surface area contributed by atoms with E-state index in [2.05, 4.69) is 18.3 Å². The zero-order chi connectivity index (χ0) is 18.4. The van der Waals surface area contributed by atoms with Gasteiger partial charge in [-0.3, -0.25) is 9.59 Å². The molecule has 4 nitrogen and oxygen atoms in total. The number of aryl methyl sites for hydroxylation is 2. The van der Waals surface area contributed by atoms with Gasteiger partial charge in [0.05, 0.1) is 10.8 Å². The maximum absolute atomic E-state index is 12.9. The molecular weight excluding hydrogens is 344 g/mol. The highest BCUT2D eigenvalue weighted by atomic mass is 32.1. The van der Waals surface area contributed by atoms with E-state index in [1.54, 1.807) is 11.3 Å². The lowest BCUT2D eigenvalue weighted by Crippen LogP contribution is -2.45. The molecule has 0 spiro atoms. The second kappa shape index (κ2) is 9.54. The lowest BCUT2D eigenvalue weighted by atomic mass is 9.96. The highest BCUT2D eigenvalue weighted by Crippen LogP contribution is 2.31. The fraction of sp³-hybridized carbons (Fsp3) is 0.714. The van der Waals surface area contributed by atoms with Crippen molar-refractivity contribution in [3.05, 3.63) is 21.4 Å². The van der Waals surface area contributed by atoms with E-state index in [-0.39, 0.29) is 17.7 Å². The maximum Gasteiger partial charge on any atom is 0.263 e. The molecule has 1 unspecified atom stereocenters. The van der Waals surface area contributed by atoms with Crippen LogP contribution in [0.25, 0.3) is 0 Å². The molecule has 0 bridgehead atoms. The van der Waals surface area contributed by atoms with Gasteiger partial charge < -0.3 is 10.2 Å². The molecule has 26 heavy (non-hydrogen) atoms. The number of hydrogen-bond donors (Lipinski definition) is 1. The Labute approximate surface area is 161 Å². The molecular formula is C21H32N2O2S. The van der Waals surface area contributed by atoms with E-state index in [1.165, 1.54) is 42.5 Å². The number of thiophene rings is 1. The molecule has 1 atom stereocenters. The molecule has 144 valence electrons. The third-order valence-electron chi connectivity index (χ3n) is 5.62. The van der Waals surface area contributed by atoms with E-state index in [0.717, 1.165) is 50.1 Å². The van der Waals surface area contributed by atoms with Crippen LogP contribution >= 0.6 is 11.3 Å². The summed E-state index contributed by atoms with van der Waals surface area (Å²) in [7, 11) is 0. The Balaban J connectivity index is 1.51. The molecule has 3 rings (SSSR count). The summed E-state index contributed by atoms with van der Waals surface area (Å²) in [6, 6.07) is 2.11. The largest absolute Gasteiger partial charge is 0.356 e. The second-order valence-corrected chi connectivity index (χ2v) is 8.84. The van der Waals surface area contributed by atoms with Crippen molar-refractivity contribution in [2.45, 2.75) is 71.1 Å². The third kappa shape index (κ3) is 4.87. The zero-order valence-corrected chi connectivity index (χ0v) is 16.8. The number of likely N-dealkylation sites (tertiary alicyclic amines) is 1. The van der Waals surface area contributed by atoms with Gasteiger partial charge in [-0.2, -0.15) is 0 Å². The fourth-order valence-electron chi connectivity index (χ4n) is 4.04. The van der Waals surface area contributed by atoms with E-state index >= 15 is 0 Å². The maximum atomic E-state index is 12.9. The first-order valence-electron chi connectivity index (χ1n) is 10.4. The quantitative estimate of drug-likeness (QED) is 0.726. The van der Waals surface area contributed by atoms with Crippen molar-refractivity contribution in [1.29, 1.82) is 0 Å². The number of carbonyl (C=O) groups is 2. The van der Waals surface area contributed by atoms with E-state index in [4.69, 9.17) is 0 Å². The summed E-state index contributed by atoms with van der Waals surface area (Å²) in [5, 5.41) is 3.08. The average molecular weight is 377 g/mol. The fourth-order valence-corrected chi connectivity index (χ4v) is 5.26. The highest BCUT2D eigenvalue weighted by Gasteiger charge is 2.30. The Morgan fingerprint density at radius 1 is 1.19 bits per heavy atom. The van der Waals surface area contributed by atoms with Crippen LogP contribution in [-0.2, 0) is 17.6 Å². The molecule has 1 aromatic heterocycles. The topological polar surface area (TPSA) is 49.4 Å². The summed E-state index contributed by atoms with van der Waals surface area (Å²) < 4.78 is 0. The number of carbonyl (C=O) groups excluding carboxylic acids is 2. The standard InChI is InChI=1S/C21H32N2O2S/c1-2-3-4-7-12-22-20(24)17-10-8-13-23(15-17)21(25)19-14-16-9-5-6-11-18(16)26-19/h14,17H,2-13,15H2,1H3,(H,22,24). The molecule has 0 aromatic carbocycles. The van der Waals surface area contributed by atoms with E-state index in [0.29, 0.717) is 6.54 Å². The molecule has 5 heteroatoms. The highest BCUT2D eigenvalue weighted by molar-refractivity contribution is 7.14. The van der Waals surface area contributed by atoms with Crippen LogP contribution < -0.4 is 5.32 Å². The summed E-state index contributed by atoms with van der Waals surface area (Å²) in [6.45, 7) is 4.31. The number of amides is 2. The minimum absolute atomic E-state index is 0.0477. The number of nitrogens with zero attached hydrogens (tertiary/aromatic N) is 1. The first-order valence-corrected chi connectivity index (χ1v) is 11.2. The summed E-state index contributed by atoms with van der Waals surface area (Å²) in [5.74, 6) is 0.211. The molecule has 1 aliphatic heterocycles. The van der Waals surface area contributed by atoms with E-state index in [1.807, 2.05) is 4.90 Å². The van der Waals surface area contributed by atoms with Crippen molar-refractivity contribution in [1.82, 2.24) is 10.2 Å². The predicted octanol–water partition coefficient (Wildman–Crippen LogP) is 4.18. The first kappa shape index (κ1) is 19.4. The van der Waals surface area contributed by atoms with Crippen LogP contribution in [0.4, 0.5) is 0 Å². The van der Waals surface area contributed by atoms with E-state index in [9.17, 15) is 9.59 Å². The summed E-state index contributed by atoms with van der Waals surface area (Å²) in [4.78, 5) is 29.5. The summed E-state index contributed by atoms with van der Waals surface area (Å²) >= 11 is 1.68. The van der Waals surface area contributed by atoms with Crippen molar-refractivity contribution < 1.29 is 9.59 Å². The Morgan fingerprint density at radius 3 is 2.85 bits per heavy atom. The molecule has 1 fully saturated rings. The number of fused-ring (bicyclic) bond motifs is 1. The number of hydrogen-bond acceptors (Lipinski definition) is 3. The van der Waals surface area contributed by atoms with Crippen LogP contribution in [0.3, 0.4) is 0 Å². The third-order valence-corrected chi connectivity index (χ3v) is 6.84. The van der Waals surface area contributed by atoms with Gasteiger partial charge in [-0.25, -0.2) is 0 Å². The molecule has 1 N–H and O–H groups in total. The molecule has 2 aliphatic rings. The van der Waals surface area contributed by atoms with Gasteiger partial charge in [-0.05, 0) is 56.6 Å². The molecule has 2 amide bonds. The number of nitrogens with one attached hydrogen (secondary N) is 1. The number of piperidine rings is 1. The van der Waals surface area contributed by atoms with Gasteiger partial charge in [0.25, 0.3) is 5.91 Å². The van der Waals surface area contributed by atoms with Gasteiger partial charge in [0.15, 0.2) is 0 Å². The molecule has 1 saturated heterocycles. The van der Waals surface area contributed by atoms with Gasteiger partial charge in [-0.1, -0.05) is 26.2 Å².